The summed E-state index contributed by atoms with van der Waals surface area (Å²) in [5, 5.41) is 5.80. The maximum absolute atomic E-state index is 14.1. The Morgan fingerprint density at radius 1 is 0.912 bits per heavy atom. The number of ether oxygens (including phenoxy) is 1. The number of alkyl carbamates (subject to hydrolysis) is 1. The molecule has 2 atom stereocenters. The van der Waals surface area contributed by atoms with E-state index in [2.05, 4.69) is 10.6 Å². The number of aryl methyl sites for hydroxylation is 1. The van der Waals surface area contributed by atoms with E-state index < -0.39 is 34.9 Å². The minimum atomic E-state index is -0.880. The molecular formula is C27H45N3O4. The van der Waals surface area contributed by atoms with Crippen LogP contribution in [0.3, 0.4) is 0 Å². The monoisotopic (exact) mass is 475 g/mol. The molecule has 1 rings (SSSR count). The minimum Gasteiger partial charge on any atom is -0.444 e. The molecule has 0 saturated heterocycles. The molecule has 192 valence electrons. The highest BCUT2D eigenvalue weighted by atomic mass is 16.6. The number of benzene rings is 1. The van der Waals surface area contributed by atoms with E-state index >= 15 is 0 Å². The van der Waals surface area contributed by atoms with Crippen LogP contribution in [-0.2, 0) is 14.3 Å². The number of nitrogens with one attached hydrogen (secondary N) is 2. The summed E-state index contributed by atoms with van der Waals surface area (Å²) in [6.45, 7) is 22.4. The second-order valence-corrected chi connectivity index (χ2v) is 12.2. The minimum absolute atomic E-state index is 0.229. The fraction of sp³-hybridized carbons (Fsp3) is 0.667. The van der Waals surface area contributed by atoms with Crippen molar-refractivity contribution < 1.29 is 19.1 Å². The Hall–Kier alpha value is -2.57. The Kier molecular flexibility index (Phi) is 9.35. The highest BCUT2D eigenvalue weighted by molar-refractivity contribution is 5.93. The van der Waals surface area contributed by atoms with Gasteiger partial charge in [0.15, 0.2) is 0 Å². The fourth-order valence-electron chi connectivity index (χ4n) is 3.67. The third-order valence-electron chi connectivity index (χ3n) is 5.05. The fourth-order valence-corrected chi connectivity index (χ4v) is 3.67. The zero-order valence-electron chi connectivity index (χ0n) is 23.1. The molecule has 0 aliphatic heterocycles. The van der Waals surface area contributed by atoms with E-state index in [1.54, 1.807) is 25.7 Å². The van der Waals surface area contributed by atoms with Gasteiger partial charge in [-0.25, -0.2) is 4.79 Å². The van der Waals surface area contributed by atoms with Gasteiger partial charge in [-0.05, 0) is 86.3 Å². The number of carbonyl (C=O) groups is 3. The molecule has 34 heavy (non-hydrogen) atoms. The van der Waals surface area contributed by atoms with E-state index in [0.29, 0.717) is 0 Å². The van der Waals surface area contributed by atoms with E-state index in [-0.39, 0.29) is 17.7 Å². The van der Waals surface area contributed by atoms with Gasteiger partial charge < -0.3 is 20.3 Å². The summed E-state index contributed by atoms with van der Waals surface area (Å²) in [4.78, 5) is 42.0. The molecule has 0 aromatic heterocycles. The molecule has 1 aromatic carbocycles. The number of rotatable bonds is 6. The van der Waals surface area contributed by atoms with Crippen LogP contribution in [0.2, 0.25) is 0 Å². The Morgan fingerprint density at radius 2 is 1.44 bits per heavy atom. The van der Waals surface area contributed by atoms with E-state index in [1.807, 2.05) is 86.6 Å². The van der Waals surface area contributed by atoms with Crippen molar-refractivity contribution in [2.45, 2.75) is 112 Å². The van der Waals surface area contributed by atoms with Crippen LogP contribution in [0.5, 0.6) is 0 Å². The molecule has 0 bridgehead atoms. The molecule has 0 radical (unpaired) electrons. The first-order valence-electron chi connectivity index (χ1n) is 11.9. The normalized spacial score (nSPS) is 14.3. The first-order chi connectivity index (χ1) is 15.2. The number of amides is 3. The molecule has 0 spiro atoms. The summed E-state index contributed by atoms with van der Waals surface area (Å²) in [6.07, 6.45) is -0.667. The zero-order chi connectivity index (χ0) is 26.6. The molecule has 1 aromatic rings. The maximum atomic E-state index is 14.1. The smallest absolute Gasteiger partial charge is 0.408 e. The summed E-state index contributed by atoms with van der Waals surface area (Å²) in [6, 6.07) is 5.82. The Morgan fingerprint density at radius 3 is 1.85 bits per heavy atom. The van der Waals surface area contributed by atoms with Gasteiger partial charge in [0, 0.05) is 11.1 Å². The number of hydrogen-bond acceptors (Lipinski definition) is 4. The lowest BCUT2D eigenvalue weighted by atomic mass is 9.91. The topological polar surface area (TPSA) is 87.7 Å². The van der Waals surface area contributed by atoms with Crippen LogP contribution in [0, 0.1) is 12.8 Å². The largest absolute Gasteiger partial charge is 0.444 e. The summed E-state index contributed by atoms with van der Waals surface area (Å²) in [7, 11) is 0. The number of nitrogens with zero attached hydrogens (tertiary/aromatic N) is 1. The Bertz CT molecular complexity index is 873. The first kappa shape index (κ1) is 29.5. The van der Waals surface area contributed by atoms with Gasteiger partial charge in [0.2, 0.25) is 11.8 Å². The summed E-state index contributed by atoms with van der Waals surface area (Å²) < 4.78 is 5.41. The Labute approximate surface area is 206 Å². The van der Waals surface area contributed by atoms with Crippen molar-refractivity contribution in [1.82, 2.24) is 15.5 Å². The molecule has 3 amide bonds. The molecule has 0 aliphatic rings. The van der Waals surface area contributed by atoms with Crippen molar-refractivity contribution >= 4 is 17.9 Å². The third-order valence-corrected chi connectivity index (χ3v) is 5.05. The Balaban J connectivity index is 3.60. The van der Waals surface area contributed by atoms with Crippen molar-refractivity contribution in [2.75, 3.05) is 0 Å². The van der Waals surface area contributed by atoms with Crippen molar-refractivity contribution in [2.24, 2.45) is 5.92 Å². The molecule has 0 saturated carbocycles. The van der Waals surface area contributed by atoms with Gasteiger partial charge in [0.1, 0.15) is 17.7 Å². The SMILES string of the molecule is Cc1ccccc1C(C(=O)NC(C)(C)C)N(C(=O)C(NC(=O)OC(C)(C)C)C(C)C)C(C)(C)C. The summed E-state index contributed by atoms with van der Waals surface area (Å²) >= 11 is 0. The van der Waals surface area contributed by atoms with Gasteiger partial charge in [-0.15, -0.1) is 0 Å². The van der Waals surface area contributed by atoms with Crippen LogP contribution in [0.25, 0.3) is 0 Å². The van der Waals surface area contributed by atoms with Gasteiger partial charge in [0.25, 0.3) is 0 Å². The van der Waals surface area contributed by atoms with Crippen molar-refractivity contribution in [1.29, 1.82) is 0 Å². The lowest BCUT2D eigenvalue weighted by Crippen LogP contribution is -2.60. The van der Waals surface area contributed by atoms with E-state index in [0.717, 1.165) is 11.1 Å². The molecule has 2 unspecified atom stereocenters. The summed E-state index contributed by atoms with van der Waals surface area (Å²) in [5.41, 5.74) is -0.264. The molecule has 0 heterocycles. The van der Waals surface area contributed by atoms with Crippen molar-refractivity contribution in [3.63, 3.8) is 0 Å². The molecule has 0 aliphatic carbocycles. The van der Waals surface area contributed by atoms with Crippen LogP contribution < -0.4 is 10.6 Å². The predicted octanol–water partition coefficient (Wildman–Crippen LogP) is 5.13. The van der Waals surface area contributed by atoms with E-state index in [4.69, 9.17) is 4.74 Å². The van der Waals surface area contributed by atoms with Gasteiger partial charge >= 0.3 is 6.09 Å². The van der Waals surface area contributed by atoms with Crippen LogP contribution >= 0.6 is 0 Å². The average molecular weight is 476 g/mol. The van der Waals surface area contributed by atoms with Crippen LogP contribution in [-0.4, -0.2) is 45.5 Å². The predicted molar refractivity (Wildman–Crippen MR) is 136 cm³/mol. The molecule has 2 N–H and O–H groups in total. The van der Waals surface area contributed by atoms with Gasteiger partial charge in [0.05, 0.1) is 0 Å². The highest BCUT2D eigenvalue weighted by Crippen LogP contribution is 2.33. The van der Waals surface area contributed by atoms with Crippen LogP contribution in [0.4, 0.5) is 4.79 Å². The van der Waals surface area contributed by atoms with Crippen LogP contribution in [0.1, 0.15) is 93.3 Å². The number of hydrogen-bond donors (Lipinski definition) is 2. The van der Waals surface area contributed by atoms with Crippen molar-refractivity contribution in [3.8, 4) is 0 Å². The lowest BCUT2D eigenvalue weighted by molar-refractivity contribution is -0.149. The summed E-state index contributed by atoms with van der Waals surface area (Å²) in [5.74, 6) is -0.844. The number of carbonyl (C=O) groups excluding carboxylic acids is 3. The van der Waals surface area contributed by atoms with Gasteiger partial charge in [-0.1, -0.05) is 38.1 Å². The van der Waals surface area contributed by atoms with E-state index in [9.17, 15) is 14.4 Å². The second-order valence-electron chi connectivity index (χ2n) is 12.2. The van der Waals surface area contributed by atoms with Crippen molar-refractivity contribution in [3.05, 3.63) is 35.4 Å². The van der Waals surface area contributed by atoms with E-state index in [1.165, 1.54) is 0 Å². The standard InChI is InChI=1S/C27H45N3O4/c1-17(2)20(28-24(33)34-27(10,11)12)23(32)30(26(7,8)9)21(22(31)29-25(4,5)6)19-16-14-13-15-18(19)3/h13-17,20-21H,1-12H3,(H,28,33)(H,29,31). The maximum Gasteiger partial charge on any atom is 0.408 e. The van der Waals surface area contributed by atoms with Gasteiger partial charge in [-0.3, -0.25) is 9.59 Å². The second kappa shape index (κ2) is 10.8. The van der Waals surface area contributed by atoms with Crippen LogP contribution in [0.15, 0.2) is 24.3 Å². The quantitative estimate of drug-likeness (QED) is 0.597. The third kappa shape index (κ3) is 8.65. The highest BCUT2D eigenvalue weighted by Gasteiger charge is 2.43. The zero-order valence-corrected chi connectivity index (χ0v) is 23.1. The molecule has 0 fully saturated rings. The molecular weight excluding hydrogens is 430 g/mol. The average Bonchev–Trinajstić information content (AvgIpc) is 2.60. The first-order valence-corrected chi connectivity index (χ1v) is 11.9. The lowest BCUT2D eigenvalue weighted by Gasteiger charge is -2.44. The van der Waals surface area contributed by atoms with Gasteiger partial charge in [-0.2, -0.15) is 0 Å². The molecule has 7 heteroatoms. The molecule has 7 nitrogen and oxygen atoms in total.